The SMILES string of the molecule is O=c1cc(C2CCCC2)ncn1CCNS(=O)(=O)C1CC1. The molecule has 116 valence electrons. The summed E-state index contributed by atoms with van der Waals surface area (Å²) in [7, 11) is -3.18. The van der Waals surface area contributed by atoms with E-state index in [9.17, 15) is 13.2 Å². The van der Waals surface area contributed by atoms with E-state index in [1.807, 2.05) is 0 Å². The highest BCUT2D eigenvalue weighted by Crippen LogP contribution is 2.32. The van der Waals surface area contributed by atoms with Gasteiger partial charge in [-0.25, -0.2) is 18.1 Å². The van der Waals surface area contributed by atoms with E-state index in [0.717, 1.165) is 31.4 Å². The van der Waals surface area contributed by atoms with E-state index in [0.29, 0.717) is 12.5 Å². The van der Waals surface area contributed by atoms with Crippen LogP contribution < -0.4 is 10.3 Å². The molecular weight excluding hydrogens is 290 g/mol. The van der Waals surface area contributed by atoms with Gasteiger partial charge in [0.05, 0.1) is 17.3 Å². The van der Waals surface area contributed by atoms with Crippen LogP contribution >= 0.6 is 0 Å². The monoisotopic (exact) mass is 311 g/mol. The van der Waals surface area contributed by atoms with Gasteiger partial charge in [-0.2, -0.15) is 0 Å². The number of aromatic nitrogens is 2. The average molecular weight is 311 g/mol. The quantitative estimate of drug-likeness (QED) is 0.849. The van der Waals surface area contributed by atoms with Gasteiger partial charge in [0, 0.05) is 25.1 Å². The molecule has 0 saturated heterocycles. The molecule has 7 heteroatoms. The third-order valence-electron chi connectivity index (χ3n) is 4.29. The fourth-order valence-electron chi connectivity index (χ4n) is 2.86. The van der Waals surface area contributed by atoms with Crippen LogP contribution in [0.25, 0.3) is 0 Å². The second kappa shape index (κ2) is 5.88. The first-order valence-electron chi connectivity index (χ1n) is 7.61. The summed E-state index contributed by atoms with van der Waals surface area (Å²) in [4.78, 5) is 16.4. The van der Waals surface area contributed by atoms with Crippen LogP contribution in [-0.2, 0) is 16.6 Å². The molecule has 0 radical (unpaired) electrons. The number of hydrogen-bond donors (Lipinski definition) is 1. The van der Waals surface area contributed by atoms with E-state index in [4.69, 9.17) is 0 Å². The lowest BCUT2D eigenvalue weighted by Crippen LogP contribution is -2.33. The zero-order chi connectivity index (χ0) is 14.9. The zero-order valence-electron chi connectivity index (χ0n) is 12.0. The molecule has 0 spiro atoms. The van der Waals surface area contributed by atoms with Gasteiger partial charge in [-0.1, -0.05) is 12.8 Å². The molecule has 1 N–H and O–H groups in total. The Hall–Kier alpha value is -1.21. The maximum atomic E-state index is 12.0. The summed E-state index contributed by atoms with van der Waals surface area (Å²) in [6, 6.07) is 1.60. The number of nitrogens with zero attached hydrogens (tertiary/aromatic N) is 2. The Morgan fingerprint density at radius 1 is 1.24 bits per heavy atom. The molecule has 2 aliphatic carbocycles. The maximum Gasteiger partial charge on any atom is 0.253 e. The molecule has 1 heterocycles. The van der Waals surface area contributed by atoms with E-state index >= 15 is 0 Å². The van der Waals surface area contributed by atoms with Gasteiger partial charge in [0.2, 0.25) is 10.0 Å². The van der Waals surface area contributed by atoms with Crippen LogP contribution in [0.2, 0.25) is 0 Å². The molecule has 2 aliphatic rings. The Morgan fingerprint density at radius 3 is 2.57 bits per heavy atom. The first-order chi connectivity index (χ1) is 10.1. The van der Waals surface area contributed by atoms with Gasteiger partial charge in [-0.05, 0) is 25.7 Å². The van der Waals surface area contributed by atoms with E-state index in [-0.39, 0.29) is 17.4 Å². The van der Waals surface area contributed by atoms with Crippen LogP contribution in [0.5, 0.6) is 0 Å². The van der Waals surface area contributed by atoms with Gasteiger partial charge in [0.15, 0.2) is 0 Å². The second-order valence-corrected chi connectivity index (χ2v) is 8.01. The molecule has 0 unspecified atom stereocenters. The molecule has 2 saturated carbocycles. The highest BCUT2D eigenvalue weighted by molar-refractivity contribution is 7.90. The van der Waals surface area contributed by atoms with Crippen molar-refractivity contribution >= 4 is 10.0 Å². The highest BCUT2D eigenvalue weighted by Gasteiger charge is 2.35. The number of sulfonamides is 1. The molecule has 1 aromatic rings. The van der Waals surface area contributed by atoms with Crippen LogP contribution in [-0.4, -0.2) is 29.8 Å². The number of rotatable bonds is 6. The molecule has 1 aromatic heterocycles. The predicted molar refractivity (Wildman–Crippen MR) is 79.7 cm³/mol. The van der Waals surface area contributed by atoms with Crippen molar-refractivity contribution < 1.29 is 8.42 Å². The van der Waals surface area contributed by atoms with Crippen molar-refractivity contribution in [3.63, 3.8) is 0 Å². The summed E-state index contributed by atoms with van der Waals surface area (Å²) >= 11 is 0. The first kappa shape index (κ1) is 14.7. The Labute approximate surface area is 124 Å². The molecule has 0 atom stereocenters. The second-order valence-electron chi connectivity index (χ2n) is 5.97. The Kier molecular flexibility index (Phi) is 4.12. The van der Waals surface area contributed by atoms with E-state index in [1.54, 1.807) is 12.4 Å². The zero-order valence-corrected chi connectivity index (χ0v) is 12.8. The molecule has 21 heavy (non-hydrogen) atoms. The minimum atomic E-state index is -3.18. The van der Waals surface area contributed by atoms with E-state index in [2.05, 4.69) is 9.71 Å². The third kappa shape index (κ3) is 3.52. The lowest BCUT2D eigenvalue weighted by Gasteiger charge is -2.11. The van der Waals surface area contributed by atoms with Gasteiger partial charge in [-0.3, -0.25) is 9.36 Å². The van der Waals surface area contributed by atoms with Crippen molar-refractivity contribution in [3.8, 4) is 0 Å². The smallest absolute Gasteiger partial charge is 0.253 e. The lowest BCUT2D eigenvalue weighted by molar-refractivity contribution is 0.565. The van der Waals surface area contributed by atoms with Crippen LogP contribution in [0.15, 0.2) is 17.2 Å². The maximum absolute atomic E-state index is 12.0. The molecule has 2 fully saturated rings. The summed E-state index contributed by atoms with van der Waals surface area (Å²) < 4.78 is 27.4. The Bertz CT molecular complexity index is 658. The molecule has 3 rings (SSSR count). The fourth-order valence-corrected chi connectivity index (χ4v) is 4.23. The number of nitrogens with one attached hydrogen (secondary N) is 1. The van der Waals surface area contributed by atoms with Crippen LogP contribution in [0, 0.1) is 0 Å². The van der Waals surface area contributed by atoms with Crippen LogP contribution in [0.4, 0.5) is 0 Å². The summed E-state index contributed by atoms with van der Waals surface area (Å²) in [5.41, 5.74) is 0.782. The van der Waals surface area contributed by atoms with Gasteiger partial charge < -0.3 is 0 Å². The topological polar surface area (TPSA) is 81.1 Å². The summed E-state index contributed by atoms with van der Waals surface area (Å²) in [5.74, 6) is 0.417. The standard InChI is InChI=1S/C14H21N3O3S/c18-14-9-13(11-3-1-2-4-11)15-10-17(14)8-7-16-21(19,20)12-5-6-12/h9-12,16H,1-8H2. The normalized spacial score (nSPS) is 20.0. The summed E-state index contributed by atoms with van der Waals surface area (Å²) in [6.45, 7) is 0.561. The van der Waals surface area contributed by atoms with Crippen molar-refractivity contribution in [1.82, 2.24) is 14.3 Å². The summed E-state index contributed by atoms with van der Waals surface area (Å²) in [5, 5.41) is -0.225. The molecular formula is C14H21N3O3S. The molecule has 0 aromatic carbocycles. The first-order valence-corrected chi connectivity index (χ1v) is 9.16. The largest absolute Gasteiger partial charge is 0.298 e. The Balaban J connectivity index is 1.59. The molecule has 0 aliphatic heterocycles. The number of hydrogen-bond acceptors (Lipinski definition) is 4. The van der Waals surface area contributed by atoms with Gasteiger partial charge >= 0.3 is 0 Å². The van der Waals surface area contributed by atoms with Crippen LogP contribution in [0.3, 0.4) is 0 Å². The van der Waals surface area contributed by atoms with Crippen molar-refractivity contribution in [2.75, 3.05) is 6.54 Å². The lowest BCUT2D eigenvalue weighted by atomic mass is 10.0. The third-order valence-corrected chi connectivity index (χ3v) is 6.25. The van der Waals surface area contributed by atoms with Crippen molar-refractivity contribution in [1.29, 1.82) is 0 Å². The minimum absolute atomic E-state index is 0.0995. The van der Waals surface area contributed by atoms with Crippen molar-refractivity contribution in [2.24, 2.45) is 0 Å². The summed E-state index contributed by atoms with van der Waals surface area (Å²) in [6.07, 6.45) is 7.66. The van der Waals surface area contributed by atoms with Gasteiger partial charge in [0.25, 0.3) is 5.56 Å². The Morgan fingerprint density at radius 2 is 1.95 bits per heavy atom. The highest BCUT2D eigenvalue weighted by atomic mass is 32.2. The minimum Gasteiger partial charge on any atom is -0.298 e. The van der Waals surface area contributed by atoms with Crippen molar-refractivity contribution in [3.05, 3.63) is 28.4 Å². The van der Waals surface area contributed by atoms with Gasteiger partial charge in [0.1, 0.15) is 0 Å². The molecule has 0 amide bonds. The average Bonchev–Trinajstić information content (AvgIpc) is 3.18. The van der Waals surface area contributed by atoms with Crippen molar-refractivity contribution in [2.45, 2.75) is 56.2 Å². The van der Waals surface area contributed by atoms with E-state index in [1.165, 1.54) is 17.4 Å². The molecule has 6 nitrogen and oxygen atoms in total. The fraction of sp³-hybridized carbons (Fsp3) is 0.714. The van der Waals surface area contributed by atoms with E-state index < -0.39 is 10.0 Å². The van der Waals surface area contributed by atoms with Gasteiger partial charge in [-0.15, -0.1) is 0 Å². The van der Waals surface area contributed by atoms with Crippen LogP contribution in [0.1, 0.15) is 50.1 Å². The predicted octanol–water partition coefficient (Wildman–Crippen LogP) is 0.983. The molecule has 0 bridgehead atoms.